The zero-order chi connectivity index (χ0) is 19.4. The monoisotopic (exact) mass is 379 g/mol. The average molecular weight is 379 g/mol. The molecule has 1 heterocycles. The van der Waals surface area contributed by atoms with Crippen molar-refractivity contribution in [3.63, 3.8) is 0 Å². The number of nitrogens with two attached hydrogens (primary N) is 1. The van der Waals surface area contributed by atoms with E-state index in [0.29, 0.717) is 25.5 Å². The summed E-state index contributed by atoms with van der Waals surface area (Å²) in [5.41, 5.74) is 5.40. The number of rotatable bonds is 6. The second-order valence-corrected chi connectivity index (χ2v) is 7.21. The van der Waals surface area contributed by atoms with E-state index in [4.69, 9.17) is 5.73 Å². The number of nitrogens with zero attached hydrogens (tertiary/aromatic N) is 2. The van der Waals surface area contributed by atoms with Gasteiger partial charge < -0.3 is 16.4 Å². The number of hydrogen-bond donors (Lipinski definition) is 3. The van der Waals surface area contributed by atoms with Crippen molar-refractivity contribution in [2.45, 2.75) is 44.2 Å². The van der Waals surface area contributed by atoms with Crippen LogP contribution in [0.25, 0.3) is 0 Å². The second kappa shape index (κ2) is 8.65. The van der Waals surface area contributed by atoms with Crippen molar-refractivity contribution < 1.29 is 13.6 Å². The van der Waals surface area contributed by atoms with E-state index in [1.807, 2.05) is 11.8 Å². The number of amides is 1. The van der Waals surface area contributed by atoms with E-state index in [-0.39, 0.29) is 29.5 Å². The predicted molar refractivity (Wildman–Crippen MR) is 100 cm³/mol. The lowest BCUT2D eigenvalue weighted by atomic mass is 10.1. The minimum Gasteiger partial charge on any atom is -0.369 e. The fourth-order valence-electron chi connectivity index (χ4n) is 3.65. The first kappa shape index (κ1) is 19.5. The highest BCUT2D eigenvalue weighted by Gasteiger charge is 2.42. The van der Waals surface area contributed by atoms with Gasteiger partial charge in [0, 0.05) is 43.2 Å². The van der Waals surface area contributed by atoms with Gasteiger partial charge in [-0.15, -0.1) is 0 Å². The molecule has 1 aromatic rings. The summed E-state index contributed by atoms with van der Waals surface area (Å²) in [5.74, 6) is -0.792. The number of benzene rings is 1. The van der Waals surface area contributed by atoms with Crippen LogP contribution in [0.1, 0.15) is 37.7 Å². The Morgan fingerprint density at radius 1 is 1.26 bits per heavy atom. The largest absolute Gasteiger partial charge is 0.369 e. The Balaban J connectivity index is 1.53. The Labute approximate surface area is 158 Å². The third-order valence-corrected chi connectivity index (χ3v) is 5.11. The number of nitrogens with one attached hydrogen (secondary N) is 2. The van der Waals surface area contributed by atoms with Gasteiger partial charge >= 0.3 is 0 Å². The van der Waals surface area contributed by atoms with Gasteiger partial charge in [0.15, 0.2) is 5.96 Å². The van der Waals surface area contributed by atoms with Gasteiger partial charge in [-0.25, -0.2) is 8.78 Å². The van der Waals surface area contributed by atoms with Crippen LogP contribution in [0.4, 0.5) is 8.78 Å². The highest BCUT2D eigenvalue weighted by molar-refractivity contribution is 5.81. The first-order valence-electron chi connectivity index (χ1n) is 9.50. The molecule has 1 aliphatic carbocycles. The third kappa shape index (κ3) is 5.15. The van der Waals surface area contributed by atoms with E-state index in [2.05, 4.69) is 15.6 Å². The van der Waals surface area contributed by atoms with E-state index in [1.165, 1.54) is 18.2 Å². The Hall–Kier alpha value is -2.22. The lowest BCUT2D eigenvalue weighted by molar-refractivity contribution is -0.119. The molecule has 1 saturated carbocycles. The summed E-state index contributed by atoms with van der Waals surface area (Å²) < 4.78 is 27.9. The van der Waals surface area contributed by atoms with Gasteiger partial charge in [0.25, 0.3) is 0 Å². The summed E-state index contributed by atoms with van der Waals surface area (Å²) in [6.07, 6.45) is 2.45. The molecule has 0 radical (unpaired) electrons. The van der Waals surface area contributed by atoms with Gasteiger partial charge in [-0.05, 0) is 38.3 Å². The van der Waals surface area contributed by atoms with Crippen LogP contribution in [0.15, 0.2) is 23.2 Å². The molecule has 2 aliphatic rings. The predicted octanol–water partition coefficient (Wildman–Crippen LogP) is 1.33. The Kier molecular flexibility index (Phi) is 6.26. The first-order valence-corrected chi connectivity index (χ1v) is 9.50. The van der Waals surface area contributed by atoms with Crippen LogP contribution in [0, 0.1) is 11.6 Å². The third-order valence-electron chi connectivity index (χ3n) is 5.11. The summed E-state index contributed by atoms with van der Waals surface area (Å²) in [6.45, 7) is 4.44. The number of hydrogen-bond acceptors (Lipinski definition) is 3. The maximum Gasteiger partial charge on any atom is 0.231 e. The summed E-state index contributed by atoms with van der Waals surface area (Å²) in [6, 6.07) is 4.20. The highest BCUT2D eigenvalue weighted by Crippen LogP contribution is 2.43. The van der Waals surface area contributed by atoms with Crippen molar-refractivity contribution in [1.29, 1.82) is 0 Å². The normalized spacial score (nSPS) is 23.9. The van der Waals surface area contributed by atoms with E-state index < -0.39 is 11.6 Å². The number of primary amides is 1. The maximum atomic E-state index is 13.9. The van der Waals surface area contributed by atoms with Crippen LogP contribution < -0.4 is 16.4 Å². The molecule has 0 spiro atoms. The Morgan fingerprint density at radius 3 is 2.52 bits per heavy atom. The van der Waals surface area contributed by atoms with E-state index >= 15 is 0 Å². The van der Waals surface area contributed by atoms with Crippen molar-refractivity contribution in [2.75, 3.05) is 26.2 Å². The van der Waals surface area contributed by atoms with Crippen molar-refractivity contribution in [3.05, 3.63) is 35.4 Å². The van der Waals surface area contributed by atoms with Gasteiger partial charge in [0.1, 0.15) is 11.6 Å². The minimum absolute atomic E-state index is 0.0239. The molecular formula is C19H27F2N5O. The van der Waals surface area contributed by atoms with Crippen LogP contribution in [-0.4, -0.2) is 55.0 Å². The van der Waals surface area contributed by atoms with Crippen molar-refractivity contribution in [2.24, 2.45) is 10.7 Å². The Morgan fingerprint density at radius 2 is 1.93 bits per heavy atom. The number of halogens is 2. The quantitative estimate of drug-likeness (QED) is 0.514. The van der Waals surface area contributed by atoms with Gasteiger partial charge in [-0.1, -0.05) is 6.07 Å². The summed E-state index contributed by atoms with van der Waals surface area (Å²) in [7, 11) is 0. The fraction of sp³-hybridized carbons (Fsp3) is 0.579. The molecule has 1 amide bonds. The van der Waals surface area contributed by atoms with Crippen LogP contribution >= 0.6 is 0 Å². The van der Waals surface area contributed by atoms with E-state index in [1.54, 1.807) is 0 Å². The first-order chi connectivity index (χ1) is 13.0. The average Bonchev–Trinajstić information content (AvgIpc) is 3.35. The molecule has 4 N–H and O–H groups in total. The van der Waals surface area contributed by atoms with Crippen molar-refractivity contribution >= 4 is 11.9 Å². The van der Waals surface area contributed by atoms with Gasteiger partial charge in [-0.2, -0.15) is 0 Å². The molecule has 2 fully saturated rings. The SMILES string of the molecule is CCN=C(NC1CCN(CC(N)=O)CC1)NC1CC1c1c(F)cccc1F. The minimum atomic E-state index is -0.493. The second-order valence-electron chi connectivity index (χ2n) is 7.21. The van der Waals surface area contributed by atoms with Gasteiger partial charge in [0.2, 0.25) is 5.91 Å². The maximum absolute atomic E-state index is 13.9. The molecule has 1 saturated heterocycles. The standard InChI is InChI=1S/C19H27F2N5O/c1-2-23-19(24-12-6-8-26(9-7-12)11-17(22)27)25-16-10-13(16)18-14(20)4-3-5-15(18)21/h3-5,12-13,16H,2,6-11H2,1H3,(H2,22,27)(H2,23,24,25). The Bertz CT molecular complexity index is 683. The van der Waals surface area contributed by atoms with Gasteiger partial charge in [-0.3, -0.25) is 14.7 Å². The van der Waals surface area contributed by atoms with E-state index in [0.717, 1.165) is 25.9 Å². The molecule has 2 atom stereocenters. The number of guanidine groups is 1. The molecule has 0 aromatic heterocycles. The smallest absolute Gasteiger partial charge is 0.231 e. The molecule has 1 aromatic carbocycles. The van der Waals surface area contributed by atoms with Crippen LogP contribution in [0.5, 0.6) is 0 Å². The van der Waals surface area contributed by atoms with Crippen LogP contribution in [0.2, 0.25) is 0 Å². The molecule has 8 heteroatoms. The molecule has 27 heavy (non-hydrogen) atoms. The number of piperidine rings is 1. The molecule has 3 rings (SSSR count). The van der Waals surface area contributed by atoms with E-state index in [9.17, 15) is 13.6 Å². The molecule has 1 aliphatic heterocycles. The zero-order valence-corrected chi connectivity index (χ0v) is 15.5. The van der Waals surface area contributed by atoms with Crippen molar-refractivity contribution in [3.8, 4) is 0 Å². The zero-order valence-electron chi connectivity index (χ0n) is 15.5. The number of carbonyl (C=O) groups excluding carboxylic acids is 1. The molecule has 0 bridgehead atoms. The number of likely N-dealkylation sites (tertiary alicyclic amines) is 1. The highest BCUT2D eigenvalue weighted by atomic mass is 19.1. The summed E-state index contributed by atoms with van der Waals surface area (Å²) in [5, 5.41) is 6.72. The van der Waals surface area contributed by atoms with Crippen LogP contribution in [-0.2, 0) is 4.79 Å². The fourth-order valence-corrected chi connectivity index (χ4v) is 3.65. The summed E-state index contributed by atoms with van der Waals surface area (Å²) >= 11 is 0. The molecule has 2 unspecified atom stereocenters. The van der Waals surface area contributed by atoms with Crippen molar-refractivity contribution in [1.82, 2.24) is 15.5 Å². The molecule has 148 valence electrons. The number of carbonyl (C=O) groups is 1. The van der Waals surface area contributed by atoms with Crippen LogP contribution in [0.3, 0.4) is 0 Å². The number of aliphatic imine (C=N–C) groups is 1. The van der Waals surface area contributed by atoms with Gasteiger partial charge in [0.05, 0.1) is 6.54 Å². The lowest BCUT2D eigenvalue weighted by Gasteiger charge is -2.32. The molecular weight excluding hydrogens is 352 g/mol. The lowest BCUT2D eigenvalue weighted by Crippen LogP contribution is -2.50. The topological polar surface area (TPSA) is 82.8 Å². The molecule has 6 nitrogen and oxygen atoms in total. The summed E-state index contributed by atoms with van der Waals surface area (Å²) in [4.78, 5) is 17.5.